The Morgan fingerprint density at radius 2 is 2.12 bits per heavy atom. The van der Waals surface area contributed by atoms with Crippen LogP contribution in [-0.2, 0) is 18.4 Å². The number of phosphoric ester groups is 1. The molecule has 1 amide bonds. The van der Waals surface area contributed by atoms with E-state index in [0.29, 0.717) is 22.3 Å². The number of carbonyl (C=O) groups excluding carboxylic acids is 1. The van der Waals surface area contributed by atoms with Crippen LogP contribution in [0, 0.1) is 12.3 Å². The van der Waals surface area contributed by atoms with Gasteiger partial charge < -0.3 is 23.7 Å². The molecule has 132 valence electrons. The predicted molar refractivity (Wildman–Crippen MR) is 90.0 cm³/mol. The highest BCUT2D eigenvalue weighted by Gasteiger charge is 2.21. The Kier molecular flexibility index (Phi) is 7.15. The second kappa shape index (κ2) is 8.43. The summed E-state index contributed by atoms with van der Waals surface area (Å²) in [6.07, 6.45) is 4.06. The van der Waals surface area contributed by atoms with Crippen LogP contribution in [0.1, 0.15) is 12.5 Å². The van der Waals surface area contributed by atoms with Crippen molar-refractivity contribution in [2.75, 3.05) is 39.6 Å². The monoisotopic (exact) mass is 354 g/mol. The van der Waals surface area contributed by atoms with Gasteiger partial charge in [0.1, 0.15) is 19.3 Å². The van der Waals surface area contributed by atoms with Crippen molar-refractivity contribution in [1.29, 1.82) is 0 Å². The summed E-state index contributed by atoms with van der Waals surface area (Å²) in [4.78, 5) is 23.8. The maximum Gasteiger partial charge on any atom is 0.268 e. The Morgan fingerprint density at radius 3 is 2.71 bits per heavy atom. The molecule has 1 aromatic carbocycles. The van der Waals surface area contributed by atoms with Crippen LogP contribution in [0.25, 0.3) is 0 Å². The van der Waals surface area contributed by atoms with Crippen molar-refractivity contribution in [3.8, 4) is 12.3 Å². The minimum absolute atomic E-state index is 0.0250. The highest BCUT2D eigenvalue weighted by Crippen LogP contribution is 2.39. The first kappa shape index (κ1) is 20.4. The zero-order valence-electron chi connectivity index (χ0n) is 14.3. The zero-order chi connectivity index (χ0) is 18.4. The number of carbonyl (C=O) groups is 1. The van der Waals surface area contributed by atoms with Gasteiger partial charge in [-0.2, -0.15) is 0 Å². The number of nitrogens with zero attached hydrogens (tertiary/aromatic N) is 1. The molecule has 7 nitrogen and oxygen atoms in total. The van der Waals surface area contributed by atoms with Crippen molar-refractivity contribution < 1.29 is 27.8 Å². The second-order valence-electron chi connectivity index (χ2n) is 6.26. The zero-order valence-corrected chi connectivity index (χ0v) is 15.2. The third-order valence-electron chi connectivity index (χ3n) is 2.96. The minimum atomic E-state index is -4.56. The highest BCUT2D eigenvalue weighted by atomic mass is 31.2. The number of hydrogen-bond acceptors (Lipinski definition) is 5. The van der Waals surface area contributed by atoms with Crippen LogP contribution in [0.2, 0.25) is 0 Å². The molecule has 0 saturated carbocycles. The van der Waals surface area contributed by atoms with E-state index in [0.717, 1.165) is 0 Å². The van der Waals surface area contributed by atoms with Crippen molar-refractivity contribution in [2.24, 2.45) is 0 Å². The maximum atomic E-state index is 12.0. The molecule has 0 aliphatic carbocycles. The highest BCUT2D eigenvalue weighted by molar-refractivity contribution is 7.45. The van der Waals surface area contributed by atoms with Crippen LogP contribution < -0.4 is 10.2 Å². The fraction of sp³-hybridized carbons (Fsp3) is 0.438. The summed E-state index contributed by atoms with van der Waals surface area (Å²) >= 11 is 0. The molecule has 0 aliphatic heterocycles. The molecule has 1 rings (SSSR count). The standard InChI is InChI=1S/C16H23N2O5P/c1-6-14-8-7-9-15(12-14)17-16(19)13(2)23-24(20,21)22-11-10-18(3,4)5/h1,7-9,12-13H,10-11H2,2-5H3,(H-,17,19,20,21)/t13-/m0/s1. The number of anilines is 1. The number of benzene rings is 1. The summed E-state index contributed by atoms with van der Waals surface area (Å²) in [5, 5.41) is 2.54. The van der Waals surface area contributed by atoms with Gasteiger partial charge in [0.2, 0.25) is 0 Å². The smallest absolute Gasteiger partial charge is 0.268 e. The van der Waals surface area contributed by atoms with E-state index in [4.69, 9.17) is 15.5 Å². The number of nitrogens with one attached hydrogen (secondary N) is 1. The number of rotatable bonds is 8. The molecule has 0 bridgehead atoms. The molecule has 0 fully saturated rings. The van der Waals surface area contributed by atoms with Gasteiger partial charge >= 0.3 is 0 Å². The fourth-order valence-electron chi connectivity index (χ4n) is 1.63. The largest absolute Gasteiger partial charge is 0.756 e. The van der Waals surface area contributed by atoms with E-state index in [9.17, 15) is 14.3 Å². The Labute approximate surface area is 142 Å². The Bertz CT molecular complexity index is 663. The summed E-state index contributed by atoms with van der Waals surface area (Å²) in [6, 6.07) is 6.63. The molecule has 0 radical (unpaired) electrons. The quantitative estimate of drug-likeness (QED) is 0.431. The number of terminal acetylenes is 1. The van der Waals surface area contributed by atoms with Gasteiger partial charge in [0.25, 0.3) is 13.7 Å². The molecule has 0 aliphatic rings. The lowest BCUT2D eigenvalue weighted by atomic mass is 10.2. The first-order chi connectivity index (χ1) is 11.0. The molecule has 8 heteroatoms. The normalized spacial score (nSPS) is 15.2. The lowest BCUT2D eigenvalue weighted by Crippen LogP contribution is -2.38. The molecule has 0 saturated heterocycles. The summed E-state index contributed by atoms with van der Waals surface area (Å²) in [5.74, 6) is 1.83. The van der Waals surface area contributed by atoms with Crippen LogP contribution >= 0.6 is 7.82 Å². The first-order valence-corrected chi connectivity index (χ1v) is 8.80. The average molecular weight is 354 g/mol. The Hall–Kier alpha value is -1.68. The van der Waals surface area contributed by atoms with Crippen molar-refractivity contribution in [1.82, 2.24) is 0 Å². The molecule has 1 unspecified atom stereocenters. The van der Waals surface area contributed by atoms with Gasteiger partial charge in [-0.05, 0) is 25.1 Å². The van der Waals surface area contributed by atoms with Gasteiger partial charge in [0.05, 0.1) is 21.1 Å². The van der Waals surface area contributed by atoms with Crippen molar-refractivity contribution in [3.63, 3.8) is 0 Å². The lowest BCUT2D eigenvalue weighted by Gasteiger charge is -2.28. The van der Waals surface area contributed by atoms with Gasteiger partial charge in [-0.15, -0.1) is 6.42 Å². The van der Waals surface area contributed by atoms with E-state index in [2.05, 4.69) is 11.2 Å². The molecule has 2 atom stereocenters. The van der Waals surface area contributed by atoms with Crippen LogP contribution in [0.15, 0.2) is 24.3 Å². The van der Waals surface area contributed by atoms with Crippen LogP contribution in [-0.4, -0.2) is 50.8 Å². The van der Waals surface area contributed by atoms with Gasteiger partial charge in [0.15, 0.2) is 0 Å². The number of phosphoric acid groups is 1. The summed E-state index contributed by atoms with van der Waals surface area (Å²) < 4.78 is 21.8. The van der Waals surface area contributed by atoms with Crippen LogP contribution in [0.4, 0.5) is 5.69 Å². The third kappa shape index (κ3) is 7.73. The minimum Gasteiger partial charge on any atom is -0.756 e. The van der Waals surface area contributed by atoms with Crippen LogP contribution in [0.3, 0.4) is 0 Å². The fourth-order valence-corrected chi connectivity index (χ4v) is 2.48. The third-order valence-corrected chi connectivity index (χ3v) is 4.04. The topological polar surface area (TPSA) is 87.7 Å². The van der Waals surface area contributed by atoms with Crippen LogP contribution in [0.5, 0.6) is 0 Å². The summed E-state index contributed by atoms with van der Waals surface area (Å²) in [5.41, 5.74) is 1.05. The van der Waals surface area contributed by atoms with E-state index in [1.54, 1.807) is 24.3 Å². The van der Waals surface area contributed by atoms with Crippen molar-refractivity contribution in [3.05, 3.63) is 29.8 Å². The molecule has 0 spiro atoms. The lowest BCUT2D eigenvalue weighted by molar-refractivity contribution is -0.870. The van der Waals surface area contributed by atoms with Gasteiger partial charge in [-0.1, -0.05) is 12.0 Å². The SMILES string of the molecule is C#Cc1cccc(NC(=O)[C@H](C)OP(=O)([O-])OCC[N+](C)(C)C)c1. The number of amides is 1. The second-order valence-corrected chi connectivity index (χ2v) is 7.62. The van der Waals surface area contributed by atoms with Gasteiger partial charge in [-0.25, -0.2) is 0 Å². The maximum absolute atomic E-state index is 12.0. The molecule has 0 aromatic heterocycles. The summed E-state index contributed by atoms with van der Waals surface area (Å²) in [7, 11) is 1.15. The van der Waals surface area contributed by atoms with E-state index < -0.39 is 19.8 Å². The molecule has 1 N–H and O–H groups in total. The Balaban J connectivity index is 2.56. The van der Waals surface area contributed by atoms with E-state index in [1.165, 1.54) is 6.92 Å². The summed E-state index contributed by atoms with van der Waals surface area (Å²) in [6.45, 7) is 1.78. The van der Waals surface area contributed by atoms with Gasteiger partial charge in [0, 0.05) is 11.3 Å². The number of likely N-dealkylation sites (N-methyl/N-ethyl adjacent to an activating group) is 1. The molecule has 0 heterocycles. The molecular weight excluding hydrogens is 331 g/mol. The Morgan fingerprint density at radius 1 is 1.46 bits per heavy atom. The van der Waals surface area contributed by atoms with E-state index in [1.807, 2.05) is 21.1 Å². The molecule has 1 aromatic rings. The van der Waals surface area contributed by atoms with E-state index in [-0.39, 0.29) is 6.61 Å². The average Bonchev–Trinajstić information content (AvgIpc) is 2.45. The predicted octanol–water partition coefficient (Wildman–Crippen LogP) is 1.20. The van der Waals surface area contributed by atoms with E-state index >= 15 is 0 Å². The molecular formula is C16H23N2O5P. The number of hydrogen-bond donors (Lipinski definition) is 1. The first-order valence-electron chi connectivity index (χ1n) is 7.34. The van der Waals surface area contributed by atoms with Crippen molar-refractivity contribution in [2.45, 2.75) is 13.0 Å². The van der Waals surface area contributed by atoms with Gasteiger partial charge in [-0.3, -0.25) is 9.36 Å². The number of quaternary nitrogens is 1. The molecule has 24 heavy (non-hydrogen) atoms. The van der Waals surface area contributed by atoms with Crippen molar-refractivity contribution >= 4 is 19.4 Å².